The van der Waals surface area contributed by atoms with Gasteiger partial charge in [-0.15, -0.1) is 0 Å². The van der Waals surface area contributed by atoms with E-state index in [0.29, 0.717) is 6.10 Å². The third-order valence-corrected chi connectivity index (χ3v) is 1.70. The third-order valence-electron chi connectivity index (χ3n) is 1.70. The summed E-state index contributed by atoms with van der Waals surface area (Å²) < 4.78 is 5.59. The highest BCUT2D eigenvalue weighted by molar-refractivity contribution is 4.53. The van der Waals surface area contributed by atoms with Crippen molar-refractivity contribution in [1.82, 2.24) is 0 Å². The molecule has 1 nitrogen and oxygen atoms in total. The van der Waals surface area contributed by atoms with Gasteiger partial charge in [-0.05, 0) is 25.7 Å². The highest BCUT2D eigenvalue weighted by Gasteiger charge is 2.03. The standard InChI is InChI=1S/C10H22O/c1-5-6-7-11-10(4)8-9(2)3/h9-10H,5-8H2,1-4H3/t10-/m1/s1. The van der Waals surface area contributed by atoms with Gasteiger partial charge in [-0.25, -0.2) is 0 Å². The van der Waals surface area contributed by atoms with Crippen molar-refractivity contribution in [2.24, 2.45) is 5.92 Å². The van der Waals surface area contributed by atoms with Gasteiger partial charge in [0.05, 0.1) is 6.10 Å². The maximum atomic E-state index is 5.59. The van der Waals surface area contributed by atoms with Crippen LogP contribution in [0.2, 0.25) is 0 Å². The van der Waals surface area contributed by atoms with E-state index in [0.717, 1.165) is 12.5 Å². The van der Waals surface area contributed by atoms with Crippen molar-refractivity contribution in [3.8, 4) is 0 Å². The first kappa shape index (κ1) is 11.0. The summed E-state index contributed by atoms with van der Waals surface area (Å²) in [7, 11) is 0. The van der Waals surface area contributed by atoms with Gasteiger partial charge in [0, 0.05) is 6.61 Å². The summed E-state index contributed by atoms with van der Waals surface area (Å²) in [5.41, 5.74) is 0. The molecule has 1 atom stereocenters. The first-order valence-electron chi connectivity index (χ1n) is 4.78. The summed E-state index contributed by atoms with van der Waals surface area (Å²) in [6.45, 7) is 9.76. The van der Waals surface area contributed by atoms with Gasteiger partial charge in [-0.1, -0.05) is 27.2 Å². The van der Waals surface area contributed by atoms with Gasteiger partial charge in [0.15, 0.2) is 0 Å². The fourth-order valence-corrected chi connectivity index (χ4v) is 1.16. The van der Waals surface area contributed by atoms with Crippen LogP contribution in [-0.2, 0) is 4.74 Å². The molecule has 0 rings (SSSR count). The first-order valence-corrected chi connectivity index (χ1v) is 4.78. The van der Waals surface area contributed by atoms with Crippen molar-refractivity contribution in [1.29, 1.82) is 0 Å². The summed E-state index contributed by atoms with van der Waals surface area (Å²) in [6, 6.07) is 0. The Balaban J connectivity index is 3.15. The van der Waals surface area contributed by atoms with Crippen molar-refractivity contribution in [3.05, 3.63) is 0 Å². The van der Waals surface area contributed by atoms with Crippen LogP contribution >= 0.6 is 0 Å². The molecule has 0 aromatic rings. The SMILES string of the molecule is CCCCO[C@H](C)CC(C)C. The number of unbranched alkanes of at least 4 members (excludes halogenated alkanes) is 1. The van der Waals surface area contributed by atoms with Crippen LogP contribution in [-0.4, -0.2) is 12.7 Å². The number of rotatable bonds is 6. The Morgan fingerprint density at radius 3 is 2.27 bits per heavy atom. The van der Waals surface area contributed by atoms with Crippen LogP contribution < -0.4 is 0 Å². The van der Waals surface area contributed by atoms with Crippen molar-refractivity contribution in [2.45, 2.75) is 53.1 Å². The van der Waals surface area contributed by atoms with Crippen molar-refractivity contribution >= 4 is 0 Å². The Labute approximate surface area is 71.1 Å². The van der Waals surface area contributed by atoms with E-state index in [-0.39, 0.29) is 0 Å². The van der Waals surface area contributed by atoms with Crippen LogP contribution in [0.25, 0.3) is 0 Å². The molecule has 0 radical (unpaired) electrons. The fourth-order valence-electron chi connectivity index (χ4n) is 1.16. The van der Waals surface area contributed by atoms with Gasteiger partial charge >= 0.3 is 0 Å². The lowest BCUT2D eigenvalue weighted by Crippen LogP contribution is -2.11. The van der Waals surface area contributed by atoms with Gasteiger partial charge in [0.25, 0.3) is 0 Å². The van der Waals surface area contributed by atoms with Crippen molar-refractivity contribution < 1.29 is 4.74 Å². The molecular weight excluding hydrogens is 136 g/mol. The molecule has 68 valence electrons. The average molecular weight is 158 g/mol. The van der Waals surface area contributed by atoms with Crippen LogP contribution in [0.15, 0.2) is 0 Å². The lowest BCUT2D eigenvalue weighted by atomic mass is 10.1. The Kier molecular flexibility index (Phi) is 6.63. The first-order chi connectivity index (χ1) is 5.16. The number of hydrogen-bond donors (Lipinski definition) is 0. The van der Waals surface area contributed by atoms with Crippen LogP contribution in [0.4, 0.5) is 0 Å². The molecule has 0 aromatic heterocycles. The molecule has 0 heterocycles. The molecule has 0 aliphatic rings. The summed E-state index contributed by atoms with van der Waals surface area (Å²) in [5, 5.41) is 0. The zero-order valence-electron chi connectivity index (χ0n) is 8.39. The summed E-state index contributed by atoms with van der Waals surface area (Å²) in [4.78, 5) is 0. The summed E-state index contributed by atoms with van der Waals surface area (Å²) in [6.07, 6.45) is 4.06. The van der Waals surface area contributed by atoms with E-state index < -0.39 is 0 Å². The molecule has 0 bridgehead atoms. The summed E-state index contributed by atoms with van der Waals surface area (Å²) >= 11 is 0. The lowest BCUT2D eigenvalue weighted by Gasteiger charge is -2.14. The second-order valence-corrected chi connectivity index (χ2v) is 3.66. The molecule has 0 aliphatic carbocycles. The molecule has 0 saturated heterocycles. The van der Waals surface area contributed by atoms with Gasteiger partial charge in [-0.3, -0.25) is 0 Å². The third kappa shape index (κ3) is 7.86. The van der Waals surface area contributed by atoms with Gasteiger partial charge in [-0.2, -0.15) is 0 Å². The Hall–Kier alpha value is -0.0400. The predicted molar refractivity (Wildman–Crippen MR) is 49.8 cm³/mol. The van der Waals surface area contributed by atoms with E-state index in [1.807, 2.05) is 0 Å². The number of ether oxygens (including phenoxy) is 1. The molecular formula is C10H22O. The molecule has 0 N–H and O–H groups in total. The predicted octanol–water partition coefficient (Wildman–Crippen LogP) is 3.24. The van der Waals surface area contributed by atoms with E-state index >= 15 is 0 Å². The second-order valence-electron chi connectivity index (χ2n) is 3.66. The zero-order chi connectivity index (χ0) is 8.69. The normalized spacial score (nSPS) is 13.9. The largest absolute Gasteiger partial charge is 0.379 e. The van der Waals surface area contributed by atoms with Crippen molar-refractivity contribution in [2.75, 3.05) is 6.61 Å². The van der Waals surface area contributed by atoms with E-state index in [1.165, 1.54) is 19.3 Å². The van der Waals surface area contributed by atoms with Gasteiger partial charge in [0.1, 0.15) is 0 Å². The Bertz CT molecular complexity index is 78.9. The highest BCUT2D eigenvalue weighted by Crippen LogP contribution is 2.07. The molecule has 0 spiro atoms. The minimum Gasteiger partial charge on any atom is -0.379 e. The fraction of sp³-hybridized carbons (Fsp3) is 1.00. The van der Waals surface area contributed by atoms with Crippen LogP contribution in [0.1, 0.15) is 47.0 Å². The molecule has 0 aromatic carbocycles. The van der Waals surface area contributed by atoms with Gasteiger partial charge in [0.2, 0.25) is 0 Å². The maximum Gasteiger partial charge on any atom is 0.0549 e. The van der Waals surface area contributed by atoms with E-state index in [9.17, 15) is 0 Å². The Morgan fingerprint density at radius 2 is 1.82 bits per heavy atom. The number of hydrogen-bond acceptors (Lipinski definition) is 1. The highest BCUT2D eigenvalue weighted by atomic mass is 16.5. The molecule has 11 heavy (non-hydrogen) atoms. The second kappa shape index (κ2) is 6.66. The maximum absolute atomic E-state index is 5.59. The molecule has 0 saturated carbocycles. The monoisotopic (exact) mass is 158 g/mol. The van der Waals surface area contributed by atoms with Crippen LogP contribution in [0.5, 0.6) is 0 Å². The lowest BCUT2D eigenvalue weighted by molar-refractivity contribution is 0.0502. The Morgan fingerprint density at radius 1 is 1.18 bits per heavy atom. The van der Waals surface area contributed by atoms with E-state index in [4.69, 9.17) is 4.74 Å². The topological polar surface area (TPSA) is 9.23 Å². The summed E-state index contributed by atoms with van der Waals surface area (Å²) in [5.74, 6) is 0.756. The van der Waals surface area contributed by atoms with Gasteiger partial charge < -0.3 is 4.74 Å². The smallest absolute Gasteiger partial charge is 0.0549 e. The van der Waals surface area contributed by atoms with Crippen molar-refractivity contribution in [3.63, 3.8) is 0 Å². The molecule has 0 amide bonds. The minimum atomic E-state index is 0.446. The molecule has 0 unspecified atom stereocenters. The van der Waals surface area contributed by atoms with Crippen LogP contribution in [0, 0.1) is 5.92 Å². The zero-order valence-corrected chi connectivity index (χ0v) is 8.39. The molecule has 0 fully saturated rings. The molecule has 0 aliphatic heterocycles. The van der Waals surface area contributed by atoms with E-state index in [2.05, 4.69) is 27.7 Å². The average Bonchev–Trinajstić information content (AvgIpc) is 1.86. The minimum absolute atomic E-state index is 0.446. The molecule has 1 heteroatoms. The van der Waals surface area contributed by atoms with E-state index in [1.54, 1.807) is 0 Å². The van der Waals surface area contributed by atoms with Crippen LogP contribution in [0.3, 0.4) is 0 Å². The quantitative estimate of drug-likeness (QED) is 0.539.